The van der Waals surface area contributed by atoms with Crippen molar-refractivity contribution < 1.29 is 9.47 Å². The zero-order valence-corrected chi connectivity index (χ0v) is 13.1. The second-order valence-electron chi connectivity index (χ2n) is 6.37. The average Bonchev–Trinajstić information content (AvgIpc) is 3.07. The molecule has 3 aliphatic rings. The van der Waals surface area contributed by atoms with Gasteiger partial charge in [-0.1, -0.05) is 11.6 Å². The fourth-order valence-electron chi connectivity index (χ4n) is 3.77. The summed E-state index contributed by atoms with van der Waals surface area (Å²) < 4.78 is 10.8. The molecule has 0 spiro atoms. The average molecular weight is 309 g/mol. The van der Waals surface area contributed by atoms with Gasteiger partial charge in [0.05, 0.1) is 0 Å². The molecular formula is C16H21ClN2O2. The third-order valence-electron chi connectivity index (χ3n) is 4.98. The fraction of sp³-hybridized carbons (Fsp3) is 0.625. The summed E-state index contributed by atoms with van der Waals surface area (Å²) in [6, 6.07) is 5.23. The van der Waals surface area contributed by atoms with Crippen LogP contribution >= 0.6 is 11.6 Å². The lowest BCUT2D eigenvalue weighted by molar-refractivity contribution is 0.0540. The van der Waals surface area contributed by atoms with E-state index in [4.69, 9.17) is 21.1 Å². The Morgan fingerprint density at radius 3 is 2.90 bits per heavy atom. The molecule has 1 aromatic carbocycles. The Morgan fingerprint density at radius 1 is 1.24 bits per heavy atom. The van der Waals surface area contributed by atoms with Crippen LogP contribution in [-0.2, 0) is 6.54 Å². The highest BCUT2D eigenvalue weighted by Gasteiger charge is 2.34. The van der Waals surface area contributed by atoms with E-state index >= 15 is 0 Å². The van der Waals surface area contributed by atoms with Crippen LogP contribution < -0.4 is 9.47 Å². The third kappa shape index (κ3) is 2.50. The molecule has 1 unspecified atom stereocenters. The Hall–Kier alpha value is -0.970. The standard InChI is InChI=1S/C16H21ClN2O2/c1-11-7-18-4-2-3-13(18)9-19(11)8-12-5-15-16(6-14(12)17)21-10-20-15/h5-6,11,13H,2-4,7-10H2,1H3/t11-,13?/m1/s1. The first-order valence-electron chi connectivity index (χ1n) is 7.77. The number of benzene rings is 1. The number of ether oxygens (including phenoxy) is 2. The van der Waals surface area contributed by atoms with E-state index in [1.54, 1.807) is 0 Å². The minimum Gasteiger partial charge on any atom is -0.454 e. The summed E-state index contributed by atoms with van der Waals surface area (Å²) in [7, 11) is 0. The maximum absolute atomic E-state index is 6.41. The van der Waals surface area contributed by atoms with Gasteiger partial charge in [0.2, 0.25) is 6.79 Å². The minimum atomic E-state index is 0.298. The van der Waals surface area contributed by atoms with Crippen LogP contribution in [0.5, 0.6) is 11.5 Å². The molecule has 3 heterocycles. The number of halogens is 1. The summed E-state index contributed by atoms with van der Waals surface area (Å²) in [5.74, 6) is 1.58. The highest BCUT2D eigenvalue weighted by Crippen LogP contribution is 2.37. The van der Waals surface area contributed by atoms with E-state index in [1.807, 2.05) is 12.1 Å². The smallest absolute Gasteiger partial charge is 0.231 e. The van der Waals surface area contributed by atoms with E-state index in [0.717, 1.165) is 41.2 Å². The zero-order chi connectivity index (χ0) is 14.4. The highest BCUT2D eigenvalue weighted by molar-refractivity contribution is 6.31. The quantitative estimate of drug-likeness (QED) is 0.839. The van der Waals surface area contributed by atoms with E-state index < -0.39 is 0 Å². The van der Waals surface area contributed by atoms with Gasteiger partial charge in [-0.25, -0.2) is 0 Å². The van der Waals surface area contributed by atoms with E-state index in [-0.39, 0.29) is 0 Å². The van der Waals surface area contributed by atoms with Crippen molar-refractivity contribution >= 4 is 11.6 Å². The normalized spacial score (nSPS) is 28.9. The largest absolute Gasteiger partial charge is 0.454 e. The maximum atomic E-state index is 6.41. The van der Waals surface area contributed by atoms with E-state index in [9.17, 15) is 0 Å². The summed E-state index contributed by atoms with van der Waals surface area (Å²) >= 11 is 6.41. The summed E-state index contributed by atoms with van der Waals surface area (Å²) in [6.45, 7) is 7.09. The van der Waals surface area contributed by atoms with Crippen molar-refractivity contribution in [3.05, 3.63) is 22.7 Å². The minimum absolute atomic E-state index is 0.298. The molecule has 0 saturated carbocycles. The Labute approximate surface area is 130 Å². The molecule has 5 heteroatoms. The van der Waals surface area contributed by atoms with Crippen LogP contribution in [0, 0.1) is 0 Å². The predicted octanol–water partition coefficient (Wildman–Crippen LogP) is 2.74. The molecule has 0 aliphatic carbocycles. The van der Waals surface area contributed by atoms with Gasteiger partial charge < -0.3 is 9.47 Å². The maximum Gasteiger partial charge on any atom is 0.231 e. The van der Waals surface area contributed by atoms with Gasteiger partial charge in [0, 0.05) is 42.8 Å². The van der Waals surface area contributed by atoms with Crippen LogP contribution in [0.3, 0.4) is 0 Å². The third-order valence-corrected chi connectivity index (χ3v) is 5.33. The summed E-state index contributed by atoms with van der Waals surface area (Å²) in [5.41, 5.74) is 1.14. The van der Waals surface area contributed by atoms with Gasteiger partial charge in [-0.15, -0.1) is 0 Å². The number of hydrogen-bond donors (Lipinski definition) is 0. The first-order chi connectivity index (χ1) is 10.2. The van der Waals surface area contributed by atoms with E-state index in [1.165, 1.54) is 25.9 Å². The highest BCUT2D eigenvalue weighted by atomic mass is 35.5. The molecular weight excluding hydrogens is 288 g/mol. The molecule has 21 heavy (non-hydrogen) atoms. The van der Waals surface area contributed by atoms with Gasteiger partial charge in [-0.2, -0.15) is 0 Å². The monoisotopic (exact) mass is 308 g/mol. The number of rotatable bonds is 2. The molecule has 2 saturated heterocycles. The van der Waals surface area contributed by atoms with Crippen molar-refractivity contribution in [2.75, 3.05) is 26.4 Å². The van der Waals surface area contributed by atoms with E-state index in [0.29, 0.717) is 12.8 Å². The molecule has 2 atom stereocenters. The lowest BCUT2D eigenvalue weighted by Gasteiger charge is -2.42. The molecule has 0 aromatic heterocycles. The first kappa shape index (κ1) is 13.7. The van der Waals surface area contributed by atoms with Crippen LogP contribution in [0.2, 0.25) is 5.02 Å². The number of hydrogen-bond acceptors (Lipinski definition) is 4. The summed E-state index contributed by atoms with van der Waals surface area (Å²) in [4.78, 5) is 5.19. The fourth-order valence-corrected chi connectivity index (χ4v) is 3.98. The molecule has 0 N–H and O–H groups in total. The predicted molar refractivity (Wildman–Crippen MR) is 82.0 cm³/mol. The Morgan fingerprint density at radius 2 is 2.05 bits per heavy atom. The number of fused-ring (bicyclic) bond motifs is 2. The molecule has 1 aromatic rings. The van der Waals surface area contributed by atoms with Crippen molar-refractivity contribution in [3.63, 3.8) is 0 Å². The van der Waals surface area contributed by atoms with Gasteiger partial charge >= 0.3 is 0 Å². The van der Waals surface area contributed by atoms with Crippen molar-refractivity contribution in [3.8, 4) is 11.5 Å². The topological polar surface area (TPSA) is 24.9 Å². The van der Waals surface area contributed by atoms with Gasteiger partial charge in [-0.05, 0) is 37.9 Å². The van der Waals surface area contributed by atoms with Crippen molar-refractivity contribution in [1.82, 2.24) is 9.80 Å². The SMILES string of the molecule is C[C@@H]1CN2CCCC2CN1Cc1cc2c(cc1Cl)OCO2. The van der Waals surface area contributed by atoms with Crippen LogP contribution in [-0.4, -0.2) is 48.3 Å². The molecule has 3 aliphatic heterocycles. The Kier molecular flexibility index (Phi) is 3.48. The molecule has 2 fully saturated rings. The van der Waals surface area contributed by atoms with Crippen molar-refractivity contribution in [2.45, 2.75) is 38.4 Å². The molecule has 4 nitrogen and oxygen atoms in total. The molecule has 0 bridgehead atoms. The lowest BCUT2D eigenvalue weighted by Crippen LogP contribution is -2.54. The van der Waals surface area contributed by atoms with Crippen LogP contribution in [0.4, 0.5) is 0 Å². The molecule has 0 radical (unpaired) electrons. The summed E-state index contributed by atoms with van der Waals surface area (Å²) in [6.07, 6.45) is 2.67. The van der Waals surface area contributed by atoms with Gasteiger partial charge in [0.1, 0.15) is 0 Å². The summed E-state index contributed by atoms with van der Waals surface area (Å²) in [5, 5.41) is 0.778. The molecule has 4 rings (SSSR count). The lowest BCUT2D eigenvalue weighted by atomic mass is 10.1. The first-order valence-corrected chi connectivity index (χ1v) is 8.14. The van der Waals surface area contributed by atoms with Crippen LogP contribution in [0.15, 0.2) is 12.1 Å². The molecule has 114 valence electrons. The zero-order valence-electron chi connectivity index (χ0n) is 12.3. The van der Waals surface area contributed by atoms with Crippen LogP contribution in [0.1, 0.15) is 25.3 Å². The Bertz CT molecular complexity index is 551. The van der Waals surface area contributed by atoms with Gasteiger partial charge in [0.25, 0.3) is 0 Å². The number of piperazine rings is 1. The van der Waals surface area contributed by atoms with Crippen molar-refractivity contribution in [1.29, 1.82) is 0 Å². The van der Waals surface area contributed by atoms with Crippen LogP contribution in [0.25, 0.3) is 0 Å². The molecule has 0 amide bonds. The second kappa shape index (κ2) is 5.34. The van der Waals surface area contributed by atoms with Crippen molar-refractivity contribution in [2.24, 2.45) is 0 Å². The number of nitrogens with zero attached hydrogens (tertiary/aromatic N) is 2. The second-order valence-corrected chi connectivity index (χ2v) is 6.77. The van der Waals surface area contributed by atoms with E-state index in [2.05, 4.69) is 16.7 Å². The van der Waals surface area contributed by atoms with Gasteiger partial charge in [-0.3, -0.25) is 9.80 Å². The van der Waals surface area contributed by atoms with Gasteiger partial charge in [0.15, 0.2) is 11.5 Å². The Balaban J connectivity index is 1.53.